The number of alkyl halides is 3. The summed E-state index contributed by atoms with van der Waals surface area (Å²) in [5, 5.41) is 12.1. The number of allylic oxidation sites excluding steroid dienone is 2. The topological polar surface area (TPSA) is 138 Å². The molecule has 1 spiro atoms. The number of anilines is 2. The number of amides is 2. The highest BCUT2D eigenvalue weighted by atomic mass is 35.5. The van der Waals surface area contributed by atoms with Crippen molar-refractivity contribution in [1.82, 2.24) is 10.2 Å². The van der Waals surface area contributed by atoms with Gasteiger partial charge in [-0.05, 0) is 164 Å². The maximum absolute atomic E-state index is 15.7. The highest BCUT2D eigenvalue weighted by molar-refractivity contribution is 7.62. The summed E-state index contributed by atoms with van der Waals surface area (Å²) in [6.45, 7) is 19.3. The minimum Gasteiger partial charge on any atom is -0.441 e. The van der Waals surface area contributed by atoms with Gasteiger partial charge in [-0.25, -0.2) is 4.79 Å². The molecule has 3 aromatic carbocycles. The van der Waals surface area contributed by atoms with Crippen molar-refractivity contribution >= 4 is 64.8 Å². The number of fused-ring (bicyclic) bond motifs is 8. The molecule has 404 valence electrons. The zero-order valence-corrected chi connectivity index (χ0v) is 46.1. The van der Waals surface area contributed by atoms with Gasteiger partial charge in [0.1, 0.15) is 0 Å². The van der Waals surface area contributed by atoms with Gasteiger partial charge in [0.25, 0.3) is 0 Å². The fraction of sp³-hybridized carbons (Fsp3) is 0.569. The number of nitrogens with one attached hydrogen (secondary N) is 1. The van der Waals surface area contributed by atoms with Crippen LogP contribution < -0.4 is 20.4 Å². The van der Waals surface area contributed by atoms with Gasteiger partial charge in [0.2, 0.25) is 5.91 Å². The summed E-state index contributed by atoms with van der Waals surface area (Å²) in [5.41, 5.74) is 10.8. The monoisotopic (exact) mass is 1080 g/mol. The fourth-order valence-corrected chi connectivity index (χ4v) is 15.9. The lowest BCUT2D eigenvalue weighted by molar-refractivity contribution is -0.173. The second-order valence-corrected chi connectivity index (χ2v) is 25.8. The second-order valence-electron chi connectivity index (χ2n) is 23.4. The van der Waals surface area contributed by atoms with E-state index in [2.05, 4.69) is 89.5 Å². The number of hydrogen-bond donors (Lipinski definition) is 2. The standard InChI is InChI=1S/C58H71ClF3N4O8P/c1-33-30-54(4,5)65-21-15-17-38-48-43(28-40(33)50(38)65)57(44-29-41-34(2)31-55(6,7)66-22-16-18-39(51(41)66)49(44)56(48,8)9)42-26-37(27-45(59)47(42)52(69)74-57)75(71,73-24-14-12-20-63-53(70)58(60,61)62)72-23-13-10-11-19-46(68)64-32-36(67)25-35(64)3/h26-31,35-36,67H,10-25,32H2,1-9H3,(H,63,70)/t35-,36-,75?/m1/s1/i3D. The van der Waals surface area contributed by atoms with Crippen LogP contribution in [0.25, 0.3) is 11.1 Å². The molecule has 2 amide bonds. The average Bonchev–Trinajstić information content (AvgIpc) is 3.92. The van der Waals surface area contributed by atoms with Gasteiger partial charge in [0, 0.05) is 84.6 Å². The molecule has 17 heteroatoms. The number of carbonyl (C=O) groups excluding carboxylic acids is 3. The van der Waals surface area contributed by atoms with E-state index in [0.29, 0.717) is 31.2 Å². The molecule has 1 saturated heterocycles. The minimum atomic E-state index is -5.04. The Bertz CT molecular complexity index is 2940. The van der Waals surface area contributed by atoms with Crippen LogP contribution >= 0.6 is 19.2 Å². The number of ether oxygens (including phenoxy) is 1. The van der Waals surface area contributed by atoms with Crippen molar-refractivity contribution in [2.75, 3.05) is 49.2 Å². The number of rotatable bonds is 14. The van der Waals surface area contributed by atoms with Crippen LogP contribution in [0.4, 0.5) is 24.5 Å². The summed E-state index contributed by atoms with van der Waals surface area (Å²) in [7, 11) is -4.40. The van der Waals surface area contributed by atoms with Gasteiger partial charge in [-0.3, -0.25) is 14.2 Å². The predicted octanol–water partition coefficient (Wildman–Crippen LogP) is 11.2. The first-order valence-electron chi connectivity index (χ1n) is 27.4. The third-order valence-corrected chi connectivity index (χ3v) is 19.2. The molecule has 6 heterocycles. The molecular formula is C58H71ClF3N4O8P. The molecular weight excluding hydrogens is 1000 g/mol. The Balaban J connectivity index is 1.10. The molecule has 1 unspecified atom stereocenters. The Hall–Kier alpha value is -4.66. The van der Waals surface area contributed by atoms with Gasteiger partial charge in [0.15, 0.2) is 5.60 Å². The van der Waals surface area contributed by atoms with Crippen molar-refractivity contribution in [2.45, 2.75) is 173 Å². The van der Waals surface area contributed by atoms with E-state index in [1.54, 1.807) is 11.0 Å². The maximum Gasteiger partial charge on any atom is 0.471 e. The lowest BCUT2D eigenvalue weighted by Crippen LogP contribution is -2.51. The Labute approximate surface area is 445 Å². The Morgan fingerprint density at radius 2 is 1.41 bits per heavy atom. The molecule has 1 aliphatic carbocycles. The number of nitrogens with zero attached hydrogens (tertiary/aromatic N) is 3. The number of unbranched alkanes of at least 4 members (excludes halogenated alkanes) is 3. The van der Waals surface area contributed by atoms with E-state index in [1.165, 1.54) is 28.6 Å². The van der Waals surface area contributed by atoms with E-state index in [9.17, 15) is 27.9 Å². The van der Waals surface area contributed by atoms with Crippen molar-refractivity contribution in [3.05, 3.63) is 97.1 Å². The van der Waals surface area contributed by atoms with Gasteiger partial charge >= 0.3 is 25.6 Å². The molecule has 1 fully saturated rings. The lowest BCUT2D eigenvalue weighted by Gasteiger charge is -2.54. The highest BCUT2D eigenvalue weighted by Gasteiger charge is 2.60. The molecule has 10 rings (SSSR count). The van der Waals surface area contributed by atoms with E-state index in [0.717, 1.165) is 83.3 Å². The number of β-amino-alcohol motifs (C(OH)–C–C–N with tert-alkyl or cyclic N) is 1. The molecule has 0 bridgehead atoms. The number of likely N-dealkylation sites (tertiary alicyclic amines) is 1. The van der Waals surface area contributed by atoms with Crippen LogP contribution in [0.2, 0.25) is 5.02 Å². The van der Waals surface area contributed by atoms with Gasteiger partial charge < -0.3 is 38.9 Å². The van der Waals surface area contributed by atoms with Gasteiger partial charge in [0.05, 0.1) is 46.3 Å². The number of benzene rings is 3. The first-order chi connectivity index (χ1) is 35.8. The van der Waals surface area contributed by atoms with Crippen molar-refractivity contribution in [2.24, 2.45) is 0 Å². The van der Waals surface area contributed by atoms with Crippen LogP contribution in [0.1, 0.15) is 182 Å². The van der Waals surface area contributed by atoms with Gasteiger partial charge in [-0.2, -0.15) is 13.2 Å². The van der Waals surface area contributed by atoms with Crippen LogP contribution in [0.15, 0.2) is 36.4 Å². The molecule has 3 aromatic rings. The summed E-state index contributed by atoms with van der Waals surface area (Å²) >= 11 is 7.33. The van der Waals surface area contributed by atoms with E-state index in [-0.39, 0.29) is 91.4 Å². The van der Waals surface area contributed by atoms with E-state index >= 15 is 9.36 Å². The Morgan fingerprint density at radius 1 is 0.853 bits per heavy atom. The molecule has 0 aromatic heterocycles. The maximum atomic E-state index is 15.7. The minimum absolute atomic E-state index is 0.00674. The van der Waals surface area contributed by atoms with Crippen LogP contribution in [-0.2, 0) is 51.8 Å². The highest BCUT2D eigenvalue weighted by Crippen LogP contribution is 2.64. The molecule has 6 aliphatic heterocycles. The van der Waals surface area contributed by atoms with E-state index in [4.69, 9.17) is 26.8 Å². The molecule has 0 saturated carbocycles. The molecule has 75 heavy (non-hydrogen) atoms. The lowest BCUT2D eigenvalue weighted by atomic mass is 9.57. The predicted molar refractivity (Wildman–Crippen MR) is 286 cm³/mol. The summed E-state index contributed by atoms with van der Waals surface area (Å²) in [6.07, 6.45) is 4.49. The average molecular weight is 1080 g/mol. The third kappa shape index (κ3) is 8.86. The summed E-state index contributed by atoms with van der Waals surface area (Å²) in [6, 6.07) is 7.24. The summed E-state index contributed by atoms with van der Waals surface area (Å²) in [5.74, 6) is -2.83. The Kier molecular flexibility index (Phi) is 13.3. The zero-order valence-electron chi connectivity index (χ0n) is 45.5. The normalized spacial score (nSPS) is 23.0. The molecule has 12 nitrogen and oxygen atoms in total. The van der Waals surface area contributed by atoms with E-state index in [1.807, 2.05) is 5.32 Å². The quantitative estimate of drug-likeness (QED) is 0.0912. The second kappa shape index (κ2) is 19.1. The van der Waals surface area contributed by atoms with Gasteiger partial charge in [-0.15, -0.1) is 0 Å². The van der Waals surface area contributed by atoms with Crippen molar-refractivity contribution in [1.29, 1.82) is 0 Å². The van der Waals surface area contributed by atoms with E-state index < -0.39 is 42.8 Å². The molecule has 0 radical (unpaired) electrons. The first kappa shape index (κ1) is 52.4. The summed E-state index contributed by atoms with van der Waals surface area (Å²) < 4.78 is 82.2. The third-order valence-electron chi connectivity index (χ3n) is 17.0. The fourth-order valence-electron chi connectivity index (χ4n) is 13.9. The number of esters is 1. The van der Waals surface area contributed by atoms with Crippen LogP contribution in [-0.4, -0.2) is 96.6 Å². The number of aliphatic hydroxyl groups is 1. The largest absolute Gasteiger partial charge is 0.471 e. The van der Waals surface area contributed by atoms with Crippen molar-refractivity contribution in [3.63, 3.8) is 0 Å². The van der Waals surface area contributed by atoms with Gasteiger partial charge in [-0.1, -0.05) is 44.0 Å². The smallest absolute Gasteiger partial charge is 0.441 e. The first-order valence-corrected chi connectivity index (χ1v) is 28.6. The number of hydrogen-bond acceptors (Lipinski definition) is 10. The van der Waals surface area contributed by atoms with Crippen LogP contribution in [0.3, 0.4) is 0 Å². The van der Waals surface area contributed by atoms with Crippen LogP contribution in [0, 0.1) is 0 Å². The Morgan fingerprint density at radius 3 is 1.96 bits per heavy atom. The molecule has 2 N–H and O–H groups in total. The number of halogens is 4. The van der Waals surface area contributed by atoms with Crippen molar-refractivity contribution < 1.29 is 52.4 Å². The number of carbonyl (C=O) groups is 3. The van der Waals surface area contributed by atoms with Crippen molar-refractivity contribution in [3.8, 4) is 0 Å². The number of aliphatic hydroxyl groups excluding tert-OH is 1. The molecule has 7 aliphatic rings. The molecule has 3 atom stereocenters. The summed E-state index contributed by atoms with van der Waals surface area (Å²) in [4.78, 5) is 46.3. The zero-order chi connectivity index (χ0) is 54.7. The SMILES string of the molecule is [2H]C[C@@H]1C[C@@H](O)CN1C(=O)CCCCCOP(=O)(OCCCCNC(=O)C(F)(F)F)c1cc(Cl)c2c(c1)C1(OC2=O)c2cc3c4c(c2C(C)(C)c2c1cc1c5c2CCCN5C(C)(C)C=C1C)CCCN4C(C)(C)C=C3C. The van der Waals surface area contributed by atoms with Crippen LogP contribution in [0.5, 0.6) is 0 Å².